The third-order valence-corrected chi connectivity index (χ3v) is 3.68. The lowest BCUT2D eigenvalue weighted by atomic mass is 9.82. The number of hydrogen-bond donors (Lipinski definition) is 1. The zero-order valence-corrected chi connectivity index (χ0v) is 12.2. The fourth-order valence-corrected chi connectivity index (χ4v) is 2.73. The van der Waals surface area contributed by atoms with Crippen LogP contribution in [0.2, 0.25) is 0 Å². The van der Waals surface area contributed by atoms with Gasteiger partial charge in [0.2, 0.25) is 0 Å². The summed E-state index contributed by atoms with van der Waals surface area (Å²) in [6.45, 7) is 3.72. The Bertz CT molecular complexity index is 635. The summed E-state index contributed by atoms with van der Waals surface area (Å²) >= 11 is 3.43. The molecule has 0 radical (unpaired) electrons. The lowest BCUT2D eigenvalue weighted by molar-refractivity contribution is 0.814. The minimum absolute atomic E-state index is 0.284. The third-order valence-electron chi connectivity index (χ3n) is 3.18. The van der Waals surface area contributed by atoms with Gasteiger partial charge in [-0.3, -0.25) is 0 Å². The first-order chi connectivity index (χ1) is 9.08. The van der Waals surface area contributed by atoms with E-state index in [2.05, 4.69) is 33.4 Å². The Morgan fingerprint density at radius 3 is 2.16 bits per heavy atom. The smallest absolute Gasteiger partial charge is 0.0975 e. The summed E-state index contributed by atoms with van der Waals surface area (Å²) in [5.74, 6) is -0.284. The first kappa shape index (κ1) is 13.4. The maximum absolute atomic E-state index is 9.37. The molecule has 4 heteroatoms. The SMILES string of the molecule is CC1=C(C#N)C(c2cccc(Br)c2)C(C#N)=C(C)N1. The molecule has 94 valence electrons. The van der Waals surface area contributed by atoms with Crippen LogP contribution >= 0.6 is 15.9 Å². The molecule has 0 aromatic heterocycles. The van der Waals surface area contributed by atoms with Crippen molar-refractivity contribution in [1.82, 2.24) is 5.32 Å². The standard InChI is InChI=1S/C15H12BrN3/c1-9-13(7-17)15(14(8-18)10(2)19-9)11-4-3-5-12(16)6-11/h3-6,15,19H,1-2H3. The number of halogens is 1. The van der Waals surface area contributed by atoms with E-state index in [1.165, 1.54) is 0 Å². The van der Waals surface area contributed by atoms with Crippen LogP contribution in [-0.2, 0) is 0 Å². The highest BCUT2D eigenvalue weighted by atomic mass is 79.9. The van der Waals surface area contributed by atoms with Crippen molar-refractivity contribution < 1.29 is 0 Å². The van der Waals surface area contributed by atoms with Gasteiger partial charge in [0.15, 0.2) is 0 Å². The van der Waals surface area contributed by atoms with Crippen LogP contribution in [0, 0.1) is 22.7 Å². The molecule has 1 aromatic rings. The number of dihydropyridines is 1. The Kier molecular flexibility index (Phi) is 3.74. The van der Waals surface area contributed by atoms with E-state index in [0.717, 1.165) is 21.4 Å². The molecular weight excluding hydrogens is 302 g/mol. The Morgan fingerprint density at radius 2 is 1.68 bits per heavy atom. The minimum Gasteiger partial charge on any atom is -0.361 e. The highest BCUT2D eigenvalue weighted by Gasteiger charge is 2.29. The second kappa shape index (κ2) is 5.30. The van der Waals surface area contributed by atoms with Crippen LogP contribution in [0.1, 0.15) is 25.3 Å². The molecule has 19 heavy (non-hydrogen) atoms. The Hall–Kier alpha value is -2.04. The summed E-state index contributed by atoms with van der Waals surface area (Å²) in [6, 6.07) is 12.2. The second-order valence-electron chi connectivity index (χ2n) is 4.41. The molecule has 0 unspecified atom stereocenters. The number of nitrogens with zero attached hydrogens (tertiary/aromatic N) is 2. The molecule has 0 atom stereocenters. The molecule has 3 nitrogen and oxygen atoms in total. The van der Waals surface area contributed by atoms with Gasteiger partial charge >= 0.3 is 0 Å². The van der Waals surface area contributed by atoms with E-state index in [1.807, 2.05) is 38.1 Å². The molecule has 1 N–H and O–H groups in total. The molecular formula is C15H12BrN3. The molecule has 0 spiro atoms. The molecule has 0 aliphatic carbocycles. The van der Waals surface area contributed by atoms with Gasteiger partial charge < -0.3 is 5.32 Å². The number of nitriles is 2. The molecule has 0 fully saturated rings. The average molecular weight is 314 g/mol. The highest BCUT2D eigenvalue weighted by molar-refractivity contribution is 9.10. The van der Waals surface area contributed by atoms with E-state index >= 15 is 0 Å². The summed E-state index contributed by atoms with van der Waals surface area (Å²) in [7, 11) is 0. The van der Waals surface area contributed by atoms with E-state index in [1.54, 1.807) is 0 Å². The predicted octanol–water partition coefficient (Wildman–Crippen LogP) is 3.73. The number of allylic oxidation sites excluding steroid dienone is 4. The zero-order chi connectivity index (χ0) is 14.0. The van der Waals surface area contributed by atoms with Crippen LogP contribution in [0.5, 0.6) is 0 Å². The molecule has 0 bridgehead atoms. The van der Waals surface area contributed by atoms with Gasteiger partial charge in [-0.1, -0.05) is 28.1 Å². The topological polar surface area (TPSA) is 59.6 Å². The number of nitrogens with one attached hydrogen (secondary N) is 1. The van der Waals surface area contributed by atoms with E-state index in [9.17, 15) is 10.5 Å². The summed E-state index contributed by atoms with van der Waals surface area (Å²) in [6.07, 6.45) is 0. The molecule has 1 aliphatic heterocycles. The number of hydrogen-bond acceptors (Lipinski definition) is 3. The average Bonchev–Trinajstić information content (AvgIpc) is 2.38. The molecule has 0 saturated heterocycles. The predicted molar refractivity (Wildman–Crippen MR) is 76.6 cm³/mol. The quantitative estimate of drug-likeness (QED) is 0.859. The van der Waals surface area contributed by atoms with Crippen molar-refractivity contribution in [2.45, 2.75) is 19.8 Å². The molecule has 1 aliphatic rings. The maximum Gasteiger partial charge on any atom is 0.0975 e. The fraction of sp³-hybridized carbons (Fsp3) is 0.200. The Labute approximate surface area is 121 Å². The van der Waals surface area contributed by atoms with E-state index in [0.29, 0.717) is 11.1 Å². The number of rotatable bonds is 1. The van der Waals surface area contributed by atoms with Gasteiger partial charge in [-0.2, -0.15) is 10.5 Å². The third kappa shape index (κ3) is 2.41. The van der Waals surface area contributed by atoms with Gasteiger partial charge in [-0.25, -0.2) is 0 Å². The molecule has 0 saturated carbocycles. The molecule has 2 rings (SSSR count). The lowest BCUT2D eigenvalue weighted by Gasteiger charge is -2.26. The van der Waals surface area contributed by atoms with Crippen LogP contribution < -0.4 is 5.32 Å². The monoisotopic (exact) mass is 313 g/mol. The zero-order valence-electron chi connectivity index (χ0n) is 10.7. The van der Waals surface area contributed by atoms with Crippen LogP contribution in [0.3, 0.4) is 0 Å². The van der Waals surface area contributed by atoms with Crippen molar-refractivity contribution in [3.8, 4) is 12.1 Å². The van der Waals surface area contributed by atoms with Crippen molar-refractivity contribution in [3.63, 3.8) is 0 Å². The summed E-state index contributed by atoms with van der Waals surface area (Å²) < 4.78 is 0.938. The van der Waals surface area contributed by atoms with Gasteiger partial charge in [-0.05, 0) is 31.5 Å². The van der Waals surface area contributed by atoms with Crippen molar-refractivity contribution in [3.05, 3.63) is 56.8 Å². The van der Waals surface area contributed by atoms with Gasteiger partial charge in [0.1, 0.15) is 0 Å². The number of benzene rings is 1. The molecule has 1 aromatic carbocycles. The largest absolute Gasteiger partial charge is 0.361 e. The Balaban J connectivity index is 2.65. The molecule has 1 heterocycles. The lowest BCUT2D eigenvalue weighted by Crippen LogP contribution is -2.23. The van der Waals surface area contributed by atoms with Gasteiger partial charge in [-0.15, -0.1) is 0 Å². The van der Waals surface area contributed by atoms with Crippen LogP contribution in [-0.4, -0.2) is 0 Å². The van der Waals surface area contributed by atoms with Gasteiger partial charge in [0.05, 0.1) is 29.2 Å². The first-order valence-corrected chi connectivity index (χ1v) is 6.62. The Morgan fingerprint density at radius 1 is 1.11 bits per heavy atom. The molecule has 0 amide bonds. The highest BCUT2D eigenvalue weighted by Crippen LogP contribution is 2.37. The van der Waals surface area contributed by atoms with Crippen LogP contribution in [0.4, 0.5) is 0 Å². The second-order valence-corrected chi connectivity index (χ2v) is 5.33. The van der Waals surface area contributed by atoms with Crippen LogP contribution in [0.15, 0.2) is 51.3 Å². The minimum atomic E-state index is -0.284. The van der Waals surface area contributed by atoms with Crippen molar-refractivity contribution in [1.29, 1.82) is 10.5 Å². The fourth-order valence-electron chi connectivity index (χ4n) is 2.31. The van der Waals surface area contributed by atoms with Crippen molar-refractivity contribution in [2.24, 2.45) is 0 Å². The normalized spacial score (nSPS) is 15.8. The van der Waals surface area contributed by atoms with E-state index in [-0.39, 0.29) is 5.92 Å². The summed E-state index contributed by atoms with van der Waals surface area (Å²) in [4.78, 5) is 0. The maximum atomic E-state index is 9.37. The van der Waals surface area contributed by atoms with Crippen molar-refractivity contribution in [2.75, 3.05) is 0 Å². The van der Waals surface area contributed by atoms with Crippen molar-refractivity contribution >= 4 is 15.9 Å². The van der Waals surface area contributed by atoms with E-state index in [4.69, 9.17) is 0 Å². The van der Waals surface area contributed by atoms with E-state index < -0.39 is 0 Å². The summed E-state index contributed by atoms with van der Waals surface area (Å²) in [5, 5.41) is 21.8. The van der Waals surface area contributed by atoms with Gasteiger partial charge in [0, 0.05) is 15.9 Å². The first-order valence-electron chi connectivity index (χ1n) is 5.82. The van der Waals surface area contributed by atoms with Gasteiger partial charge in [0.25, 0.3) is 0 Å². The summed E-state index contributed by atoms with van der Waals surface area (Å²) in [5.41, 5.74) is 3.76. The van der Waals surface area contributed by atoms with Crippen LogP contribution in [0.25, 0.3) is 0 Å².